The van der Waals surface area contributed by atoms with E-state index in [0.29, 0.717) is 25.2 Å². The largest absolute Gasteiger partial charge is 0.300 e. The number of hydrogen-bond acceptors (Lipinski definition) is 4. The molecule has 2 atom stereocenters. The molecule has 0 N–H and O–H groups in total. The molecule has 4 nitrogen and oxygen atoms in total. The van der Waals surface area contributed by atoms with Gasteiger partial charge in [-0.05, 0) is 19.8 Å². The quantitative estimate of drug-likeness (QED) is 0.679. The Kier molecular flexibility index (Phi) is 3.35. The Bertz CT molecular complexity index is 377. The van der Waals surface area contributed by atoms with Crippen LogP contribution in [0.3, 0.4) is 0 Å². The number of carbonyl (C=O) groups is 1. The van der Waals surface area contributed by atoms with Crippen molar-refractivity contribution in [1.29, 1.82) is 0 Å². The first-order chi connectivity index (χ1) is 7.48. The summed E-state index contributed by atoms with van der Waals surface area (Å²) in [4.78, 5) is 13.6. The number of carbonyl (C=O) groups excluding carboxylic acids is 1. The van der Waals surface area contributed by atoms with Crippen molar-refractivity contribution in [3.63, 3.8) is 0 Å². The van der Waals surface area contributed by atoms with Crippen molar-refractivity contribution in [2.24, 2.45) is 0 Å². The first kappa shape index (κ1) is 12.0. The van der Waals surface area contributed by atoms with E-state index in [1.165, 1.54) is 0 Å². The van der Waals surface area contributed by atoms with Crippen LogP contribution < -0.4 is 0 Å². The maximum absolute atomic E-state index is 11.5. The fourth-order valence-corrected chi connectivity index (χ4v) is 4.42. The van der Waals surface area contributed by atoms with Gasteiger partial charge in [-0.3, -0.25) is 9.69 Å². The molecule has 0 bridgehead atoms. The Morgan fingerprint density at radius 1 is 1.38 bits per heavy atom. The smallest absolute Gasteiger partial charge is 0.153 e. The summed E-state index contributed by atoms with van der Waals surface area (Å²) < 4.78 is 22.9. The predicted molar refractivity (Wildman–Crippen MR) is 62.1 cm³/mol. The second-order valence-electron chi connectivity index (χ2n) is 4.99. The third-order valence-corrected chi connectivity index (χ3v) is 5.44. The van der Waals surface area contributed by atoms with E-state index in [1.807, 2.05) is 6.92 Å². The molecular formula is C11H19NO3S. The van der Waals surface area contributed by atoms with Crippen molar-refractivity contribution in [2.75, 3.05) is 18.1 Å². The zero-order valence-electron chi connectivity index (χ0n) is 9.68. The molecule has 0 aromatic carbocycles. The molecular weight excluding hydrogens is 226 g/mol. The van der Waals surface area contributed by atoms with Crippen molar-refractivity contribution >= 4 is 15.6 Å². The topological polar surface area (TPSA) is 54.5 Å². The highest BCUT2D eigenvalue weighted by atomic mass is 32.2. The summed E-state index contributed by atoms with van der Waals surface area (Å²) in [6.45, 7) is 2.55. The maximum Gasteiger partial charge on any atom is 0.153 e. The second kappa shape index (κ2) is 4.45. The van der Waals surface area contributed by atoms with Crippen LogP contribution in [0.1, 0.15) is 32.6 Å². The van der Waals surface area contributed by atoms with E-state index in [9.17, 15) is 13.2 Å². The van der Waals surface area contributed by atoms with Gasteiger partial charge in [0.05, 0.1) is 11.5 Å². The minimum atomic E-state index is -2.84. The van der Waals surface area contributed by atoms with Gasteiger partial charge >= 0.3 is 0 Å². The molecule has 1 saturated heterocycles. The van der Waals surface area contributed by atoms with Crippen LogP contribution in [-0.4, -0.2) is 49.2 Å². The van der Waals surface area contributed by atoms with E-state index in [-0.39, 0.29) is 23.6 Å². The molecule has 5 heteroatoms. The van der Waals surface area contributed by atoms with Crippen LogP contribution in [0.2, 0.25) is 0 Å². The van der Waals surface area contributed by atoms with Gasteiger partial charge in [-0.15, -0.1) is 0 Å². The van der Waals surface area contributed by atoms with Crippen molar-refractivity contribution in [3.05, 3.63) is 0 Å². The average Bonchev–Trinajstić information content (AvgIpc) is 2.15. The standard InChI is InChI=1S/C11H19NO3S/c1-9-8-16(14,15)6-5-12(9)10-3-2-4-11(13)7-10/h9-10H,2-8H2,1H3. The average molecular weight is 245 g/mol. The van der Waals surface area contributed by atoms with Crippen LogP contribution >= 0.6 is 0 Å². The van der Waals surface area contributed by atoms with E-state index in [1.54, 1.807) is 0 Å². The highest BCUT2D eigenvalue weighted by molar-refractivity contribution is 7.91. The third kappa shape index (κ3) is 2.63. The number of rotatable bonds is 1. The van der Waals surface area contributed by atoms with E-state index >= 15 is 0 Å². The maximum atomic E-state index is 11.5. The monoisotopic (exact) mass is 245 g/mol. The molecule has 16 heavy (non-hydrogen) atoms. The SMILES string of the molecule is CC1CS(=O)(=O)CCN1C1CCCC(=O)C1. The summed E-state index contributed by atoms with van der Waals surface area (Å²) in [5, 5.41) is 0. The second-order valence-corrected chi connectivity index (χ2v) is 7.22. The highest BCUT2D eigenvalue weighted by Gasteiger charge is 2.34. The summed E-state index contributed by atoms with van der Waals surface area (Å²) in [5.74, 6) is 0.830. The van der Waals surface area contributed by atoms with Gasteiger partial charge in [-0.25, -0.2) is 8.42 Å². The fraction of sp³-hybridized carbons (Fsp3) is 0.909. The van der Waals surface area contributed by atoms with Gasteiger partial charge in [-0.1, -0.05) is 0 Å². The molecule has 0 radical (unpaired) electrons. The van der Waals surface area contributed by atoms with E-state index in [2.05, 4.69) is 4.90 Å². The Hall–Kier alpha value is -0.420. The Morgan fingerprint density at radius 2 is 2.12 bits per heavy atom. The number of nitrogens with zero attached hydrogens (tertiary/aromatic N) is 1. The van der Waals surface area contributed by atoms with E-state index in [0.717, 1.165) is 12.8 Å². The van der Waals surface area contributed by atoms with Gasteiger partial charge < -0.3 is 0 Å². The summed E-state index contributed by atoms with van der Waals surface area (Å²) in [5.41, 5.74) is 0. The lowest BCUT2D eigenvalue weighted by Gasteiger charge is -2.40. The van der Waals surface area contributed by atoms with E-state index < -0.39 is 9.84 Å². The van der Waals surface area contributed by atoms with Crippen LogP contribution in [0.25, 0.3) is 0 Å². The van der Waals surface area contributed by atoms with Gasteiger partial charge in [0.2, 0.25) is 0 Å². The van der Waals surface area contributed by atoms with Gasteiger partial charge in [-0.2, -0.15) is 0 Å². The molecule has 2 rings (SSSR count). The van der Waals surface area contributed by atoms with Crippen LogP contribution in [0, 0.1) is 0 Å². The minimum Gasteiger partial charge on any atom is -0.300 e. The molecule has 0 spiro atoms. The molecule has 0 amide bonds. The lowest BCUT2D eigenvalue weighted by Crippen LogP contribution is -2.52. The Labute approximate surface area is 96.9 Å². The van der Waals surface area contributed by atoms with Crippen LogP contribution in [0.15, 0.2) is 0 Å². The summed E-state index contributed by atoms with van der Waals surface area (Å²) in [6.07, 6.45) is 3.32. The lowest BCUT2D eigenvalue weighted by molar-refractivity contribution is -0.122. The van der Waals surface area contributed by atoms with Crippen molar-refractivity contribution in [1.82, 2.24) is 4.90 Å². The third-order valence-electron chi connectivity index (χ3n) is 3.65. The van der Waals surface area contributed by atoms with Crippen molar-refractivity contribution in [3.8, 4) is 0 Å². The van der Waals surface area contributed by atoms with Crippen molar-refractivity contribution in [2.45, 2.75) is 44.7 Å². The first-order valence-electron chi connectivity index (χ1n) is 5.96. The fourth-order valence-electron chi connectivity index (χ4n) is 2.84. The lowest BCUT2D eigenvalue weighted by atomic mass is 9.92. The molecule has 2 fully saturated rings. The van der Waals surface area contributed by atoms with Crippen LogP contribution in [-0.2, 0) is 14.6 Å². The van der Waals surface area contributed by atoms with Crippen LogP contribution in [0.4, 0.5) is 0 Å². The van der Waals surface area contributed by atoms with Crippen molar-refractivity contribution < 1.29 is 13.2 Å². The summed E-state index contributed by atoms with van der Waals surface area (Å²) >= 11 is 0. The first-order valence-corrected chi connectivity index (χ1v) is 7.78. The molecule has 92 valence electrons. The number of ketones is 1. The molecule has 1 saturated carbocycles. The zero-order valence-corrected chi connectivity index (χ0v) is 10.5. The predicted octanol–water partition coefficient (Wildman–Crippen LogP) is 0.617. The van der Waals surface area contributed by atoms with Gasteiger partial charge in [0.25, 0.3) is 0 Å². The molecule has 2 aliphatic rings. The Balaban J connectivity index is 2.02. The highest BCUT2D eigenvalue weighted by Crippen LogP contribution is 2.24. The van der Waals surface area contributed by atoms with Gasteiger partial charge in [0.15, 0.2) is 9.84 Å². The van der Waals surface area contributed by atoms with Gasteiger partial charge in [0.1, 0.15) is 5.78 Å². The normalized spacial score (nSPS) is 36.2. The zero-order chi connectivity index (χ0) is 11.8. The van der Waals surface area contributed by atoms with E-state index in [4.69, 9.17) is 0 Å². The summed E-state index contributed by atoms with van der Waals surface area (Å²) in [6, 6.07) is 0.349. The molecule has 0 aromatic heterocycles. The van der Waals surface area contributed by atoms with Gasteiger partial charge in [0, 0.05) is 31.5 Å². The number of hydrogen-bond donors (Lipinski definition) is 0. The number of Topliss-reactive ketones (excluding diaryl/α,β-unsaturated/α-hetero) is 1. The molecule has 2 unspecified atom stereocenters. The number of sulfone groups is 1. The summed E-state index contributed by atoms with van der Waals surface area (Å²) in [7, 11) is -2.84. The minimum absolute atomic E-state index is 0.0645. The molecule has 1 aliphatic carbocycles. The molecule has 1 heterocycles. The molecule has 0 aromatic rings. The van der Waals surface area contributed by atoms with Crippen LogP contribution in [0.5, 0.6) is 0 Å². The Morgan fingerprint density at radius 3 is 2.75 bits per heavy atom. The molecule has 1 aliphatic heterocycles.